The van der Waals surface area contributed by atoms with Crippen LogP contribution in [0.3, 0.4) is 0 Å². The molecule has 0 fully saturated rings. The molecule has 0 radical (unpaired) electrons. The van der Waals surface area contributed by atoms with Gasteiger partial charge in [-0.05, 0) is 41.9 Å². The van der Waals surface area contributed by atoms with Crippen LogP contribution in [-0.2, 0) is 11.2 Å². The average molecular weight is 259 g/mol. The molecule has 0 saturated heterocycles. The molecule has 0 unspecified atom stereocenters. The minimum absolute atomic E-state index is 0.177. The van der Waals surface area contributed by atoms with Gasteiger partial charge in [0, 0.05) is 25.4 Å². The Morgan fingerprint density at radius 3 is 2.89 bits per heavy atom. The number of anilines is 1. The lowest BCUT2D eigenvalue weighted by molar-refractivity contribution is -0.118. The van der Waals surface area contributed by atoms with Crippen molar-refractivity contribution in [3.8, 4) is 11.3 Å². The Kier molecular flexibility index (Phi) is 2.56. The van der Waals surface area contributed by atoms with Gasteiger partial charge >= 0.3 is 0 Å². The maximum atomic E-state index is 11.6. The van der Waals surface area contributed by atoms with Crippen molar-refractivity contribution in [2.45, 2.75) is 12.8 Å². The molecule has 4 nitrogen and oxygen atoms in total. The number of carbonyl (C=O) groups excluding carboxylic acids is 1. The predicted octanol–water partition coefficient (Wildman–Crippen LogP) is 2.65. The number of H-pyrrole nitrogens is 2. The number of fused-ring (bicyclic) bond motifs is 1. The number of benzene rings is 1. The fourth-order valence-corrected chi connectivity index (χ4v) is 2.48. The number of nitrogens with one attached hydrogen (secondary N) is 2. The topological polar surface area (TPSA) is 51.9 Å². The smallest absolute Gasteiger partial charge is 0.227 e. The van der Waals surface area contributed by atoms with Gasteiger partial charge in [-0.15, -0.1) is 0 Å². The second kappa shape index (κ2) is 4.10. The molecule has 5 heteroatoms. The number of rotatable bonds is 1. The molecule has 18 heavy (non-hydrogen) atoms. The third kappa shape index (κ3) is 1.76. The summed E-state index contributed by atoms with van der Waals surface area (Å²) in [7, 11) is 1.82. The standard InChI is InChI=1S/C13H13N3OS/c1-16-11-4-2-8(10-7-14-13(18)15-10)6-9(11)3-5-12(16)17/h2,4,6-7H,3,5H2,1H3,(H2,14,15,18). The maximum absolute atomic E-state index is 11.6. The second-order valence-corrected chi connectivity index (χ2v) is 4.86. The van der Waals surface area contributed by atoms with Crippen molar-refractivity contribution in [2.24, 2.45) is 0 Å². The number of aromatic amines is 2. The van der Waals surface area contributed by atoms with Crippen LogP contribution in [0.25, 0.3) is 11.3 Å². The molecule has 1 aliphatic rings. The van der Waals surface area contributed by atoms with Crippen LogP contribution in [0.4, 0.5) is 5.69 Å². The van der Waals surface area contributed by atoms with Crippen molar-refractivity contribution >= 4 is 23.8 Å². The van der Waals surface area contributed by atoms with Gasteiger partial charge < -0.3 is 14.9 Å². The van der Waals surface area contributed by atoms with Crippen LogP contribution in [-0.4, -0.2) is 22.9 Å². The Bertz CT molecular complexity index is 671. The molecule has 0 saturated carbocycles. The molecule has 2 heterocycles. The van der Waals surface area contributed by atoms with Crippen LogP contribution < -0.4 is 4.90 Å². The van der Waals surface area contributed by atoms with E-state index in [2.05, 4.69) is 16.0 Å². The van der Waals surface area contributed by atoms with Gasteiger partial charge in [-0.3, -0.25) is 4.79 Å². The first-order valence-corrected chi connectivity index (χ1v) is 6.23. The molecule has 1 aromatic carbocycles. The van der Waals surface area contributed by atoms with Gasteiger partial charge in [0.15, 0.2) is 4.77 Å². The summed E-state index contributed by atoms with van der Waals surface area (Å²) in [5.41, 5.74) is 4.27. The van der Waals surface area contributed by atoms with Gasteiger partial charge in [0.2, 0.25) is 5.91 Å². The van der Waals surface area contributed by atoms with E-state index in [9.17, 15) is 4.79 Å². The summed E-state index contributed by atoms with van der Waals surface area (Å²) in [6.07, 6.45) is 3.25. The molecular formula is C13H13N3OS. The summed E-state index contributed by atoms with van der Waals surface area (Å²) in [6, 6.07) is 6.11. The fraction of sp³-hybridized carbons (Fsp3) is 0.231. The van der Waals surface area contributed by atoms with Crippen LogP contribution in [0.1, 0.15) is 12.0 Å². The number of aromatic nitrogens is 2. The molecule has 3 rings (SSSR count). The zero-order valence-corrected chi connectivity index (χ0v) is 10.8. The van der Waals surface area contributed by atoms with Gasteiger partial charge in [0.05, 0.1) is 5.69 Å². The number of aryl methyl sites for hydroxylation is 1. The molecule has 1 aliphatic heterocycles. The first-order chi connectivity index (χ1) is 8.65. The van der Waals surface area contributed by atoms with E-state index in [0.717, 1.165) is 23.4 Å². The Labute approximate surface area is 110 Å². The van der Waals surface area contributed by atoms with Gasteiger partial charge in [-0.25, -0.2) is 0 Å². The highest BCUT2D eigenvalue weighted by Gasteiger charge is 2.20. The maximum Gasteiger partial charge on any atom is 0.227 e. The van der Waals surface area contributed by atoms with Gasteiger partial charge in [0.1, 0.15) is 0 Å². The minimum atomic E-state index is 0.177. The second-order valence-electron chi connectivity index (χ2n) is 4.45. The van der Waals surface area contributed by atoms with Crippen LogP contribution >= 0.6 is 12.2 Å². The van der Waals surface area contributed by atoms with Gasteiger partial charge in [-0.1, -0.05) is 6.07 Å². The zero-order valence-electron chi connectivity index (χ0n) is 9.99. The first kappa shape index (κ1) is 11.2. The highest BCUT2D eigenvalue weighted by molar-refractivity contribution is 7.71. The van der Waals surface area contributed by atoms with Crippen molar-refractivity contribution < 1.29 is 4.79 Å². The Hall–Kier alpha value is -1.88. The highest BCUT2D eigenvalue weighted by atomic mass is 32.1. The van der Waals surface area contributed by atoms with Crippen LogP contribution in [0.5, 0.6) is 0 Å². The third-order valence-electron chi connectivity index (χ3n) is 3.33. The molecule has 92 valence electrons. The molecule has 0 atom stereocenters. The van der Waals surface area contributed by atoms with Gasteiger partial charge in [-0.2, -0.15) is 0 Å². The van der Waals surface area contributed by atoms with Crippen molar-refractivity contribution in [1.29, 1.82) is 0 Å². The largest absolute Gasteiger partial charge is 0.337 e. The quantitative estimate of drug-likeness (QED) is 0.774. The molecule has 2 aromatic rings. The lowest BCUT2D eigenvalue weighted by Crippen LogP contribution is -2.30. The number of nitrogens with zero attached hydrogens (tertiary/aromatic N) is 1. The Morgan fingerprint density at radius 1 is 1.33 bits per heavy atom. The van der Waals surface area contributed by atoms with E-state index >= 15 is 0 Å². The van der Waals surface area contributed by atoms with Crippen LogP contribution in [0.15, 0.2) is 24.4 Å². The SMILES string of the molecule is CN1C(=O)CCc2cc(-c3c[nH]c(=S)[nH]3)ccc21. The lowest BCUT2D eigenvalue weighted by Gasteiger charge is -2.26. The molecule has 1 amide bonds. The number of carbonyl (C=O) groups is 1. The van der Waals surface area contributed by atoms with E-state index in [1.807, 2.05) is 25.4 Å². The number of hydrogen-bond acceptors (Lipinski definition) is 2. The normalized spacial score (nSPS) is 14.7. The average Bonchev–Trinajstić information content (AvgIpc) is 2.80. The summed E-state index contributed by atoms with van der Waals surface area (Å²) in [5, 5.41) is 0. The molecule has 0 aliphatic carbocycles. The number of hydrogen-bond donors (Lipinski definition) is 2. The molecular weight excluding hydrogens is 246 g/mol. The van der Waals surface area contributed by atoms with Crippen molar-refractivity contribution in [2.75, 3.05) is 11.9 Å². The van der Waals surface area contributed by atoms with E-state index in [4.69, 9.17) is 12.2 Å². The minimum Gasteiger partial charge on any atom is -0.337 e. The summed E-state index contributed by atoms with van der Waals surface area (Å²) < 4.78 is 0.620. The molecule has 0 bridgehead atoms. The number of imidazole rings is 1. The summed E-state index contributed by atoms with van der Waals surface area (Å²) in [6.45, 7) is 0. The predicted molar refractivity (Wildman–Crippen MR) is 73.1 cm³/mol. The third-order valence-corrected chi connectivity index (χ3v) is 3.55. The van der Waals surface area contributed by atoms with Crippen molar-refractivity contribution in [1.82, 2.24) is 9.97 Å². The van der Waals surface area contributed by atoms with E-state index in [1.165, 1.54) is 5.56 Å². The first-order valence-electron chi connectivity index (χ1n) is 5.83. The molecule has 2 N–H and O–H groups in total. The Morgan fingerprint density at radius 2 is 2.17 bits per heavy atom. The van der Waals surface area contributed by atoms with E-state index in [-0.39, 0.29) is 5.91 Å². The van der Waals surface area contributed by atoms with Crippen molar-refractivity contribution in [3.05, 3.63) is 34.7 Å². The monoisotopic (exact) mass is 259 g/mol. The highest BCUT2D eigenvalue weighted by Crippen LogP contribution is 2.30. The fourth-order valence-electron chi connectivity index (χ4n) is 2.31. The van der Waals surface area contributed by atoms with Crippen LogP contribution in [0.2, 0.25) is 0 Å². The summed E-state index contributed by atoms with van der Waals surface area (Å²) >= 11 is 5.02. The van der Waals surface area contributed by atoms with E-state index in [1.54, 1.807) is 4.90 Å². The van der Waals surface area contributed by atoms with E-state index in [0.29, 0.717) is 11.2 Å². The van der Waals surface area contributed by atoms with Crippen molar-refractivity contribution in [3.63, 3.8) is 0 Å². The zero-order chi connectivity index (χ0) is 12.7. The molecule has 1 aromatic heterocycles. The summed E-state index contributed by atoms with van der Waals surface area (Å²) in [4.78, 5) is 19.4. The van der Waals surface area contributed by atoms with Crippen LogP contribution in [0, 0.1) is 4.77 Å². The lowest BCUT2D eigenvalue weighted by atomic mass is 9.98. The Balaban J connectivity index is 2.07. The number of amides is 1. The van der Waals surface area contributed by atoms with E-state index < -0.39 is 0 Å². The molecule has 0 spiro atoms. The summed E-state index contributed by atoms with van der Waals surface area (Å²) in [5.74, 6) is 0.177. The van der Waals surface area contributed by atoms with Gasteiger partial charge in [0.25, 0.3) is 0 Å².